The average molecular weight is 278 g/mol. The van der Waals surface area contributed by atoms with E-state index >= 15 is 0 Å². The normalized spacial score (nSPS) is 12.6. The molecule has 100 valence electrons. The van der Waals surface area contributed by atoms with E-state index in [4.69, 9.17) is 5.11 Å². The number of rotatable bonds is 4. The van der Waals surface area contributed by atoms with Crippen molar-refractivity contribution in [1.82, 2.24) is 9.88 Å². The van der Waals surface area contributed by atoms with Crippen molar-refractivity contribution in [2.24, 2.45) is 0 Å². The molecule has 1 unspecified atom stereocenters. The van der Waals surface area contributed by atoms with Gasteiger partial charge in [0.25, 0.3) is 0 Å². The standard InChI is InChI=1S/C13H14N2O3S/c1-15(2)11(8-3-5-9(16)6-4-8)12-14-10(7-19-12)13(17)18/h3-7,11,16H,1-2H3,(H,17,18). The summed E-state index contributed by atoms with van der Waals surface area (Å²) in [5.41, 5.74) is 1.01. The van der Waals surface area contributed by atoms with Crippen molar-refractivity contribution >= 4 is 17.3 Å². The highest BCUT2D eigenvalue weighted by molar-refractivity contribution is 7.10. The first-order valence-electron chi connectivity index (χ1n) is 5.63. The van der Waals surface area contributed by atoms with E-state index in [-0.39, 0.29) is 17.5 Å². The van der Waals surface area contributed by atoms with Crippen molar-refractivity contribution in [3.8, 4) is 5.75 Å². The molecule has 0 saturated carbocycles. The van der Waals surface area contributed by atoms with Gasteiger partial charge in [0.05, 0.1) is 6.04 Å². The molecule has 2 rings (SSSR count). The van der Waals surface area contributed by atoms with Crippen LogP contribution < -0.4 is 0 Å². The molecule has 1 atom stereocenters. The van der Waals surface area contributed by atoms with Gasteiger partial charge in [0, 0.05) is 5.38 Å². The molecule has 19 heavy (non-hydrogen) atoms. The van der Waals surface area contributed by atoms with Gasteiger partial charge in [0.2, 0.25) is 0 Å². The van der Waals surface area contributed by atoms with Gasteiger partial charge in [-0.15, -0.1) is 11.3 Å². The maximum atomic E-state index is 10.9. The van der Waals surface area contributed by atoms with Crippen LogP contribution in [0.4, 0.5) is 0 Å². The molecule has 2 N–H and O–H groups in total. The van der Waals surface area contributed by atoms with E-state index in [1.54, 1.807) is 12.1 Å². The Balaban J connectivity index is 2.39. The second-order valence-corrected chi connectivity index (χ2v) is 5.22. The van der Waals surface area contributed by atoms with Gasteiger partial charge in [-0.25, -0.2) is 9.78 Å². The summed E-state index contributed by atoms with van der Waals surface area (Å²) >= 11 is 1.32. The average Bonchev–Trinajstić information content (AvgIpc) is 2.81. The maximum Gasteiger partial charge on any atom is 0.355 e. The molecule has 0 fully saturated rings. The third-order valence-electron chi connectivity index (χ3n) is 2.70. The summed E-state index contributed by atoms with van der Waals surface area (Å²) in [6.45, 7) is 0. The van der Waals surface area contributed by atoms with Gasteiger partial charge in [-0.1, -0.05) is 12.1 Å². The second-order valence-electron chi connectivity index (χ2n) is 4.33. The number of phenols is 1. The molecule has 2 aromatic rings. The van der Waals surface area contributed by atoms with E-state index < -0.39 is 5.97 Å². The van der Waals surface area contributed by atoms with Gasteiger partial charge in [0.15, 0.2) is 5.69 Å². The lowest BCUT2D eigenvalue weighted by molar-refractivity contribution is 0.0691. The highest BCUT2D eigenvalue weighted by atomic mass is 32.1. The molecular formula is C13H14N2O3S. The van der Waals surface area contributed by atoms with Gasteiger partial charge in [-0.05, 0) is 31.8 Å². The molecule has 0 bridgehead atoms. The number of carboxylic acids is 1. The van der Waals surface area contributed by atoms with Crippen LogP contribution in [-0.4, -0.2) is 40.2 Å². The number of hydrogen-bond donors (Lipinski definition) is 2. The fourth-order valence-electron chi connectivity index (χ4n) is 1.83. The molecule has 0 spiro atoms. The summed E-state index contributed by atoms with van der Waals surface area (Å²) in [5, 5.41) is 20.5. The largest absolute Gasteiger partial charge is 0.508 e. The number of carboxylic acid groups (broad SMARTS) is 1. The van der Waals surface area contributed by atoms with E-state index in [0.29, 0.717) is 5.01 Å². The summed E-state index contributed by atoms with van der Waals surface area (Å²) in [5.74, 6) is -0.822. The lowest BCUT2D eigenvalue weighted by Crippen LogP contribution is -2.21. The molecule has 0 radical (unpaired) electrons. The Morgan fingerprint density at radius 2 is 1.95 bits per heavy atom. The molecule has 5 nitrogen and oxygen atoms in total. The third-order valence-corrected chi connectivity index (χ3v) is 3.60. The van der Waals surface area contributed by atoms with Crippen molar-refractivity contribution in [2.45, 2.75) is 6.04 Å². The van der Waals surface area contributed by atoms with Gasteiger partial charge in [-0.3, -0.25) is 4.90 Å². The third kappa shape index (κ3) is 2.91. The van der Waals surface area contributed by atoms with Crippen LogP contribution in [0.3, 0.4) is 0 Å². The zero-order valence-corrected chi connectivity index (χ0v) is 11.4. The van der Waals surface area contributed by atoms with E-state index in [1.807, 2.05) is 31.1 Å². The number of aromatic carboxylic acids is 1. The van der Waals surface area contributed by atoms with Crippen LogP contribution in [0.15, 0.2) is 29.6 Å². The molecule has 1 aromatic heterocycles. The molecule has 0 aliphatic rings. The Morgan fingerprint density at radius 1 is 1.32 bits per heavy atom. The first kappa shape index (κ1) is 13.5. The van der Waals surface area contributed by atoms with Gasteiger partial charge in [0.1, 0.15) is 10.8 Å². The van der Waals surface area contributed by atoms with Crippen LogP contribution in [0.2, 0.25) is 0 Å². The maximum absolute atomic E-state index is 10.9. The zero-order chi connectivity index (χ0) is 14.0. The van der Waals surface area contributed by atoms with Crippen LogP contribution in [-0.2, 0) is 0 Å². The van der Waals surface area contributed by atoms with Crippen molar-refractivity contribution < 1.29 is 15.0 Å². The summed E-state index contributed by atoms with van der Waals surface area (Å²) in [6.07, 6.45) is 0. The number of phenolic OH excluding ortho intramolecular Hbond substituents is 1. The van der Waals surface area contributed by atoms with Crippen molar-refractivity contribution in [3.05, 3.63) is 45.9 Å². The van der Waals surface area contributed by atoms with Crippen LogP contribution in [0.1, 0.15) is 27.1 Å². The summed E-state index contributed by atoms with van der Waals surface area (Å²) in [6, 6.07) is 6.71. The van der Waals surface area contributed by atoms with Crippen molar-refractivity contribution in [3.63, 3.8) is 0 Å². The monoisotopic (exact) mass is 278 g/mol. The Labute approximate surface area is 114 Å². The fourth-order valence-corrected chi connectivity index (χ4v) is 2.84. The number of hydrogen-bond acceptors (Lipinski definition) is 5. The molecule has 0 saturated heterocycles. The van der Waals surface area contributed by atoms with Crippen molar-refractivity contribution in [1.29, 1.82) is 0 Å². The van der Waals surface area contributed by atoms with E-state index in [1.165, 1.54) is 16.7 Å². The van der Waals surface area contributed by atoms with Crippen molar-refractivity contribution in [2.75, 3.05) is 14.1 Å². The topological polar surface area (TPSA) is 73.7 Å². The Hall–Kier alpha value is -1.92. The van der Waals surface area contributed by atoms with Gasteiger partial charge in [-0.2, -0.15) is 0 Å². The number of aromatic hydroxyl groups is 1. The van der Waals surface area contributed by atoms with Crippen LogP contribution in [0.25, 0.3) is 0 Å². The smallest absolute Gasteiger partial charge is 0.355 e. The SMILES string of the molecule is CN(C)C(c1ccc(O)cc1)c1nc(C(=O)O)cs1. The lowest BCUT2D eigenvalue weighted by Gasteiger charge is -2.22. The molecule has 0 aliphatic heterocycles. The zero-order valence-electron chi connectivity index (χ0n) is 10.6. The minimum atomic E-state index is -1.02. The number of nitrogens with zero attached hydrogens (tertiary/aromatic N) is 2. The minimum Gasteiger partial charge on any atom is -0.508 e. The van der Waals surface area contributed by atoms with Crippen LogP contribution in [0.5, 0.6) is 5.75 Å². The van der Waals surface area contributed by atoms with E-state index in [2.05, 4.69) is 4.98 Å². The molecule has 1 heterocycles. The predicted octanol–water partition coefficient (Wildman–Crippen LogP) is 2.20. The summed E-state index contributed by atoms with van der Waals surface area (Å²) in [7, 11) is 3.80. The van der Waals surface area contributed by atoms with Gasteiger partial charge >= 0.3 is 5.97 Å². The van der Waals surface area contributed by atoms with E-state index in [0.717, 1.165) is 5.56 Å². The van der Waals surface area contributed by atoms with E-state index in [9.17, 15) is 9.90 Å². The molecule has 6 heteroatoms. The minimum absolute atomic E-state index is 0.0608. The molecule has 0 aliphatic carbocycles. The first-order chi connectivity index (χ1) is 8.99. The lowest BCUT2D eigenvalue weighted by atomic mass is 10.1. The number of thiazole rings is 1. The predicted molar refractivity (Wildman–Crippen MR) is 72.7 cm³/mol. The van der Waals surface area contributed by atoms with Crippen LogP contribution >= 0.6 is 11.3 Å². The second kappa shape index (κ2) is 5.38. The molecule has 0 amide bonds. The highest BCUT2D eigenvalue weighted by Gasteiger charge is 2.21. The Bertz CT molecular complexity index is 578. The highest BCUT2D eigenvalue weighted by Crippen LogP contribution is 2.30. The summed E-state index contributed by atoms with van der Waals surface area (Å²) < 4.78 is 0. The Kier molecular flexibility index (Phi) is 3.82. The Morgan fingerprint density at radius 3 is 2.42 bits per heavy atom. The summed E-state index contributed by atoms with van der Waals surface area (Å²) in [4.78, 5) is 17.0. The quantitative estimate of drug-likeness (QED) is 0.897. The number of carbonyl (C=O) groups is 1. The first-order valence-corrected chi connectivity index (χ1v) is 6.51. The number of aromatic nitrogens is 1. The molecular weight excluding hydrogens is 264 g/mol. The molecule has 1 aromatic carbocycles. The van der Waals surface area contributed by atoms with Crippen LogP contribution in [0, 0.1) is 0 Å². The fraction of sp³-hybridized carbons (Fsp3) is 0.231. The number of benzene rings is 1. The van der Waals surface area contributed by atoms with Gasteiger partial charge < -0.3 is 10.2 Å².